The number of hydrogen-bond donors (Lipinski definition) is 0. The van der Waals surface area contributed by atoms with Gasteiger partial charge in [-0.25, -0.2) is 0 Å². The molecule has 2 rings (SSSR count). The number of methoxy groups -OCH3 is 1. The summed E-state index contributed by atoms with van der Waals surface area (Å²) in [6.07, 6.45) is 0. The Morgan fingerprint density at radius 1 is 1.00 bits per heavy atom. The second kappa shape index (κ2) is 5.60. The largest absolute Gasteiger partial charge is 0.497 e. The number of halogens is 1. The van der Waals surface area contributed by atoms with Gasteiger partial charge in [-0.05, 0) is 17.7 Å². The highest BCUT2D eigenvalue weighted by molar-refractivity contribution is 6.30. The van der Waals surface area contributed by atoms with Crippen LogP contribution in [0, 0.1) is 0 Å². The van der Waals surface area contributed by atoms with Gasteiger partial charge < -0.3 is 9.47 Å². The van der Waals surface area contributed by atoms with Gasteiger partial charge in [0, 0.05) is 11.1 Å². The number of rotatable bonds is 4. The topological polar surface area (TPSA) is 18.5 Å². The molecule has 0 atom stereocenters. The van der Waals surface area contributed by atoms with Gasteiger partial charge >= 0.3 is 0 Å². The smallest absolute Gasteiger partial charge is 0.124 e. The lowest BCUT2D eigenvalue weighted by molar-refractivity contribution is 0.303. The first-order valence-electron chi connectivity index (χ1n) is 5.29. The minimum atomic E-state index is 0.518. The Morgan fingerprint density at radius 3 is 2.41 bits per heavy atom. The fourth-order valence-corrected chi connectivity index (χ4v) is 1.69. The summed E-state index contributed by atoms with van der Waals surface area (Å²) in [7, 11) is 1.60. The van der Waals surface area contributed by atoms with E-state index in [9.17, 15) is 0 Å². The van der Waals surface area contributed by atoms with Gasteiger partial charge in [0.1, 0.15) is 18.1 Å². The van der Waals surface area contributed by atoms with Crippen molar-refractivity contribution in [2.24, 2.45) is 0 Å². The number of ether oxygens (including phenoxy) is 2. The van der Waals surface area contributed by atoms with Crippen LogP contribution in [0.5, 0.6) is 11.5 Å². The molecule has 2 nitrogen and oxygen atoms in total. The van der Waals surface area contributed by atoms with Gasteiger partial charge in [0.2, 0.25) is 0 Å². The van der Waals surface area contributed by atoms with E-state index >= 15 is 0 Å². The highest BCUT2D eigenvalue weighted by atomic mass is 35.5. The lowest BCUT2D eigenvalue weighted by Gasteiger charge is -2.08. The molecule has 0 aliphatic carbocycles. The van der Waals surface area contributed by atoms with Crippen LogP contribution in [-0.2, 0) is 6.61 Å². The third-order valence-electron chi connectivity index (χ3n) is 2.33. The second-order valence-corrected chi connectivity index (χ2v) is 4.04. The summed E-state index contributed by atoms with van der Waals surface area (Å²) >= 11 is 5.95. The molecular formula is C14H13ClO2. The predicted octanol–water partition coefficient (Wildman–Crippen LogP) is 3.93. The molecule has 2 aromatic carbocycles. The van der Waals surface area contributed by atoms with Crippen LogP contribution in [0.2, 0.25) is 5.02 Å². The minimum Gasteiger partial charge on any atom is -0.497 e. The predicted molar refractivity (Wildman–Crippen MR) is 68.8 cm³/mol. The summed E-state index contributed by atoms with van der Waals surface area (Å²) in [5, 5.41) is 0.604. The minimum absolute atomic E-state index is 0.518. The number of hydrogen-bond acceptors (Lipinski definition) is 2. The summed E-state index contributed by atoms with van der Waals surface area (Å²) in [4.78, 5) is 0. The first-order valence-corrected chi connectivity index (χ1v) is 5.67. The monoisotopic (exact) mass is 248 g/mol. The molecule has 0 bridgehead atoms. The summed E-state index contributed by atoms with van der Waals surface area (Å²) in [5.41, 5.74) is 1.12. The van der Waals surface area contributed by atoms with Gasteiger partial charge in [-0.1, -0.05) is 41.9 Å². The van der Waals surface area contributed by atoms with Crippen molar-refractivity contribution in [1.29, 1.82) is 0 Å². The zero-order chi connectivity index (χ0) is 12.1. The van der Waals surface area contributed by atoms with Gasteiger partial charge in [0.15, 0.2) is 0 Å². The highest BCUT2D eigenvalue weighted by Crippen LogP contribution is 2.26. The Hall–Kier alpha value is -1.67. The van der Waals surface area contributed by atoms with Crippen molar-refractivity contribution in [1.82, 2.24) is 0 Å². The molecule has 0 aromatic heterocycles. The molecule has 0 radical (unpaired) electrons. The zero-order valence-corrected chi connectivity index (χ0v) is 10.3. The number of benzene rings is 2. The van der Waals surface area contributed by atoms with E-state index in [1.54, 1.807) is 19.2 Å². The van der Waals surface area contributed by atoms with Crippen LogP contribution < -0.4 is 9.47 Å². The molecule has 0 aliphatic heterocycles. The Kier molecular flexibility index (Phi) is 3.89. The molecule has 0 saturated carbocycles. The van der Waals surface area contributed by atoms with Gasteiger partial charge in [0.25, 0.3) is 0 Å². The van der Waals surface area contributed by atoms with E-state index in [1.165, 1.54) is 0 Å². The molecule has 0 fully saturated rings. The standard InChI is InChI=1S/C14H13ClO2/c1-16-13-7-12(15)8-14(9-13)17-10-11-5-3-2-4-6-11/h2-9H,10H2,1H3. The van der Waals surface area contributed by atoms with Crippen molar-refractivity contribution in [3.8, 4) is 11.5 Å². The molecular weight excluding hydrogens is 236 g/mol. The van der Waals surface area contributed by atoms with Gasteiger partial charge in [-0.15, -0.1) is 0 Å². The Morgan fingerprint density at radius 2 is 1.71 bits per heavy atom. The van der Waals surface area contributed by atoms with Crippen molar-refractivity contribution < 1.29 is 9.47 Å². The van der Waals surface area contributed by atoms with E-state index in [4.69, 9.17) is 21.1 Å². The molecule has 2 aromatic rings. The quantitative estimate of drug-likeness (QED) is 0.816. The molecule has 88 valence electrons. The fourth-order valence-electron chi connectivity index (χ4n) is 1.48. The highest BCUT2D eigenvalue weighted by Gasteiger charge is 2.01. The van der Waals surface area contributed by atoms with Crippen LogP contribution in [0.1, 0.15) is 5.56 Å². The molecule has 0 N–H and O–H groups in total. The molecule has 0 unspecified atom stereocenters. The van der Waals surface area contributed by atoms with Crippen LogP contribution in [0.4, 0.5) is 0 Å². The summed E-state index contributed by atoms with van der Waals surface area (Å²) in [6.45, 7) is 0.518. The molecule has 17 heavy (non-hydrogen) atoms. The van der Waals surface area contributed by atoms with Gasteiger partial charge in [-0.2, -0.15) is 0 Å². The van der Waals surface area contributed by atoms with Crippen LogP contribution in [-0.4, -0.2) is 7.11 Å². The van der Waals surface area contributed by atoms with Crippen LogP contribution in [0.15, 0.2) is 48.5 Å². The Bertz CT molecular complexity index is 483. The van der Waals surface area contributed by atoms with E-state index in [0.717, 1.165) is 5.56 Å². The maximum Gasteiger partial charge on any atom is 0.124 e. The first-order chi connectivity index (χ1) is 8.28. The maximum absolute atomic E-state index is 5.95. The van der Waals surface area contributed by atoms with E-state index in [2.05, 4.69) is 0 Å². The molecule has 3 heteroatoms. The van der Waals surface area contributed by atoms with Crippen LogP contribution in [0.3, 0.4) is 0 Å². The van der Waals surface area contributed by atoms with Crippen LogP contribution >= 0.6 is 11.6 Å². The molecule has 0 heterocycles. The SMILES string of the molecule is COc1cc(Cl)cc(OCc2ccccc2)c1. The molecule has 0 aliphatic rings. The van der Waals surface area contributed by atoms with Crippen molar-refractivity contribution >= 4 is 11.6 Å². The average Bonchev–Trinajstić information content (AvgIpc) is 2.37. The van der Waals surface area contributed by atoms with E-state index in [0.29, 0.717) is 23.1 Å². The van der Waals surface area contributed by atoms with Crippen molar-refractivity contribution in [2.45, 2.75) is 6.61 Å². The van der Waals surface area contributed by atoms with E-state index < -0.39 is 0 Å². The lowest BCUT2D eigenvalue weighted by atomic mass is 10.2. The second-order valence-electron chi connectivity index (χ2n) is 3.60. The first kappa shape index (κ1) is 11.8. The van der Waals surface area contributed by atoms with Gasteiger partial charge in [0.05, 0.1) is 7.11 Å². The third-order valence-corrected chi connectivity index (χ3v) is 2.55. The third kappa shape index (κ3) is 3.40. The zero-order valence-electron chi connectivity index (χ0n) is 9.52. The lowest BCUT2D eigenvalue weighted by Crippen LogP contribution is -1.95. The summed E-state index contributed by atoms with van der Waals surface area (Å²) < 4.78 is 10.8. The van der Waals surface area contributed by atoms with Crippen molar-refractivity contribution in [3.63, 3.8) is 0 Å². The van der Waals surface area contributed by atoms with Crippen LogP contribution in [0.25, 0.3) is 0 Å². The molecule has 0 saturated heterocycles. The van der Waals surface area contributed by atoms with Crippen molar-refractivity contribution in [2.75, 3.05) is 7.11 Å². The van der Waals surface area contributed by atoms with E-state index in [1.807, 2.05) is 36.4 Å². The Balaban J connectivity index is 2.06. The molecule has 0 amide bonds. The summed E-state index contributed by atoms with van der Waals surface area (Å²) in [6, 6.07) is 15.3. The normalized spacial score (nSPS) is 10.0. The van der Waals surface area contributed by atoms with Crippen molar-refractivity contribution in [3.05, 3.63) is 59.1 Å². The average molecular weight is 249 g/mol. The summed E-state index contributed by atoms with van der Waals surface area (Å²) in [5.74, 6) is 1.40. The fraction of sp³-hybridized carbons (Fsp3) is 0.143. The molecule has 0 spiro atoms. The maximum atomic E-state index is 5.95. The van der Waals surface area contributed by atoms with Gasteiger partial charge in [-0.3, -0.25) is 0 Å². The Labute approximate surface area is 106 Å². The van der Waals surface area contributed by atoms with E-state index in [-0.39, 0.29) is 0 Å².